The lowest BCUT2D eigenvalue weighted by atomic mass is 10.3. The Morgan fingerprint density at radius 1 is 1.40 bits per heavy atom. The van der Waals surface area contributed by atoms with Crippen LogP contribution in [0.2, 0.25) is 0 Å². The zero-order valence-corrected chi connectivity index (χ0v) is 9.20. The zero-order chi connectivity index (χ0) is 10.7. The van der Waals surface area contributed by atoms with Crippen molar-refractivity contribution < 1.29 is 8.42 Å². The Morgan fingerprint density at radius 2 is 2.13 bits per heavy atom. The first-order valence-corrected chi connectivity index (χ1v) is 6.71. The van der Waals surface area contributed by atoms with Crippen LogP contribution in [-0.2, 0) is 15.6 Å². The third kappa shape index (κ3) is 2.54. The molecule has 0 saturated carbocycles. The van der Waals surface area contributed by atoms with Crippen LogP contribution in [0, 0.1) is 0 Å². The first-order chi connectivity index (χ1) is 7.18. The van der Waals surface area contributed by atoms with E-state index in [9.17, 15) is 8.42 Å². The number of pyridine rings is 1. The summed E-state index contributed by atoms with van der Waals surface area (Å²) in [6, 6.07) is 3.50. The van der Waals surface area contributed by atoms with Crippen molar-refractivity contribution in [1.82, 2.24) is 10.3 Å². The Bertz CT molecular complexity index is 410. The molecular formula is C10H14N2O2S. The largest absolute Gasteiger partial charge is 0.315 e. The second-order valence-electron chi connectivity index (χ2n) is 3.78. The maximum atomic E-state index is 11.9. The first kappa shape index (κ1) is 10.6. The van der Waals surface area contributed by atoms with Crippen molar-refractivity contribution in [1.29, 1.82) is 0 Å². The van der Waals surface area contributed by atoms with E-state index in [1.807, 2.05) is 0 Å². The van der Waals surface area contributed by atoms with E-state index in [1.165, 1.54) is 0 Å². The van der Waals surface area contributed by atoms with Crippen LogP contribution in [0.3, 0.4) is 0 Å². The monoisotopic (exact) mass is 226 g/mol. The van der Waals surface area contributed by atoms with E-state index in [1.54, 1.807) is 24.5 Å². The molecule has 1 aliphatic rings. The standard InChI is InChI=1S/C10H14N2O2S/c13-15(14,10-3-6-12-7-10)8-9-1-4-11-5-2-9/h1-2,4-5,10,12H,3,6-8H2. The van der Waals surface area contributed by atoms with Crippen LogP contribution in [-0.4, -0.2) is 31.7 Å². The van der Waals surface area contributed by atoms with Crippen LogP contribution in [0.25, 0.3) is 0 Å². The second kappa shape index (κ2) is 4.28. The van der Waals surface area contributed by atoms with E-state index >= 15 is 0 Å². The summed E-state index contributed by atoms with van der Waals surface area (Å²) in [5.74, 6) is 0.127. The summed E-state index contributed by atoms with van der Waals surface area (Å²) >= 11 is 0. The normalized spacial score (nSPS) is 21.7. The second-order valence-corrected chi connectivity index (χ2v) is 6.06. The van der Waals surface area contributed by atoms with E-state index in [0.29, 0.717) is 6.54 Å². The van der Waals surface area contributed by atoms with Gasteiger partial charge in [-0.2, -0.15) is 0 Å². The van der Waals surface area contributed by atoms with Gasteiger partial charge in [0.05, 0.1) is 11.0 Å². The molecule has 1 aliphatic heterocycles. The summed E-state index contributed by atoms with van der Waals surface area (Å²) in [4.78, 5) is 3.87. The SMILES string of the molecule is O=S(=O)(Cc1ccncc1)C1CCNC1. The minimum absolute atomic E-state index is 0.127. The predicted octanol–water partition coefficient (Wildman–Crippen LogP) is 0.358. The number of rotatable bonds is 3. The molecule has 1 fully saturated rings. The van der Waals surface area contributed by atoms with Gasteiger partial charge in [0.2, 0.25) is 0 Å². The lowest BCUT2D eigenvalue weighted by Crippen LogP contribution is -2.25. The van der Waals surface area contributed by atoms with Gasteiger partial charge < -0.3 is 5.32 Å². The maximum Gasteiger partial charge on any atom is 0.158 e. The molecule has 0 bridgehead atoms. The van der Waals surface area contributed by atoms with Crippen LogP contribution < -0.4 is 5.32 Å². The van der Waals surface area contributed by atoms with Gasteiger partial charge in [-0.15, -0.1) is 0 Å². The van der Waals surface area contributed by atoms with Crippen molar-refractivity contribution in [3.8, 4) is 0 Å². The molecule has 4 nitrogen and oxygen atoms in total. The Morgan fingerprint density at radius 3 is 2.73 bits per heavy atom. The molecule has 0 radical (unpaired) electrons. The van der Waals surface area contributed by atoms with E-state index in [4.69, 9.17) is 0 Å². The van der Waals surface area contributed by atoms with Crippen molar-refractivity contribution in [3.63, 3.8) is 0 Å². The van der Waals surface area contributed by atoms with Crippen molar-refractivity contribution in [2.75, 3.05) is 13.1 Å². The van der Waals surface area contributed by atoms with Crippen LogP contribution in [0.1, 0.15) is 12.0 Å². The molecule has 1 aromatic heterocycles. The number of nitrogens with zero attached hydrogens (tertiary/aromatic N) is 1. The molecule has 15 heavy (non-hydrogen) atoms. The highest BCUT2D eigenvalue weighted by Gasteiger charge is 2.28. The molecular weight excluding hydrogens is 212 g/mol. The molecule has 82 valence electrons. The molecule has 2 rings (SSSR count). The number of hydrogen-bond donors (Lipinski definition) is 1. The summed E-state index contributed by atoms with van der Waals surface area (Å²) in [6.07, 6.45) is 3.98. The molecule has 0 amide bonds. The Hall–Kier alpha value is -0.940. The molecule has 1 saturated heterocycles. The van der Waals surface area contributed by atoms with Crippen molar-refractivity contribution in [2.45, 2.75) is 17.4 Å². The Labute approximate surface area is 89.6 Å². The molecule has 0 aliphatic carbocycles. The van der Waals surface area contributed by atoms with Gasteiger partial charge in [-0.1, -0.05) is 0 Å². The highest BCUT2D eigenvalue weighted by atomic mass is 32.2. The predicted molar refractivity (Wildman–Crippen MR) is 58.1 cm³/mol. The fourth-order valence-corrected chi connectivity index (χ4v) is 3.51. The van der Waals surface area contributed by atoms with Crippen LogP contribution in [0.5, 0.6) is 0 Å². The summed E-state index contributed by atoms with van der Waals surface area (Å²) in [6.45, 7) is 1.40. The minimum Gasteiger partial charge on any atom is -0.315 e. The lowest BCUT2D eigenvalue weighted by molar-refractivity contribution is 0.582. The number of nitrogens with one attached hydrogen (secondary N) is 1. The topological polar surface area (TPSA) is 59.1 Å². The van der Waals surface area contributed by atoms with Gasteiger partial charge in [0.25, 0.3) is 0 Å². The Kier molecular flexibility index (Phi) is 3.02. The summed E-state index contributed by atoms with van der Waals surface area (Å²) in [7, 11) is -3.00. The smallest absolute Gasteiger partial charge is 0.158 e. The Balaban J connectivity index is 2.11. The summed E-state index contributed by atoms with van der Waals surface area (Å²) in [5.41, 5.74) is 0.817. The molecule has 2 heterocycles. The highest BCUT2D eigenvalue weighted by molar-refractivity contribution is 7.91. The molecule has 1 aromatic rings. The summed E-state index contributed by atoms with van der Waals surface area (Å²) in [5, 5.41) is 2.86. The van der Waals surface area contributed by atoms with Crippen LogP contribution in [0.15, 0.2) is 24.5 Å². The van der Waals surface area contributed by atoms with Crippen molar-refractivity contribution >= 4 is 9.84 Å². The molecule has 1 atom stereocenters. The minimum atomic E-state index is -3.00. The van der Waals surface area contributed by atoms with E-state index < -0.39 is 9.84 Å². The van der Waals surface area contributed by atoms with Gasteiger partial charge in [-0.05, 0) is 30.7 Å². The third-order valence-electron chi connectivity index (χ3n) is 2.64. The van der Waals surface area contributed by atoms with E-state index in [2.05, 4.69) is 10.3 Å². The van der Waals surface area contributed by atoms with E-state index in [-0.39, 0.29) is 11.0 Å². The van der Waals surface area contributed by atoms with Gasteiger partial charge in [0.15, 0.2) is 9.84 Å². The van der Waals surface area contributed by atoms with E-state index in [0.717, 1.165) is 18.5 Å². The molecule has 0 spiro atoms. The van der Waals surface area contributed by atoms with Gasteiger partial charge in [0, 0.05) is 18.9 Å². The maximum absolute atomic E-state index is 11.9. The molecule has 0 aromatic carbocycles. The van der Waals surface area contributed by atoms with Gasteiger partial charge in [-0.3, -0.25) is 4.98 Å². The average molecular weight is 226 g/mol. The number of hydrogen-bond acceptors (Lipinski definition) is 4. The van der Waals surface area contributed by atoms with Gasteiger partial charge in [0.1, 0.15) is 0 Å². The van der Waals surface area contributed by atoms with Crippen molar-refractivity contribution in [2.24, 2.45) is 0 Å². The highest BCUT2D eigenvalue weighted by Crippen LogP contribution is 2.15. The quantitative estimate of drug-likeness (QED) is 0.808. The van der Waals surface area contributed by atoms with Crippen LogP contribution in [0.4, 0.5) is 0 Å². The third-order valence-corrected chi connectivity index (χ3v) is 4.79. The molecule has 5 heteroatoms. The van der Waals surface area contributed by atoms with Gasteiger partial charge in [-0.25, -0.2) is 8.42 Å². The first-order valence-electron chi connectivity index (χ1n) is 5.00. The fourth-order valence-electron chi connectivity index (χ4n) is 1.76. The molecule has 1 N–H and O–H groups in total. The fraction of sp³-hybridized carbons (Fsp3) is 0.500. The number of aromatic nitrogens is 1. The zero-order valence-electron chi connectivity index (χ0n) is 8.39. The molecule has 1 unspecified atom stereocenters. The average Bonchev–Trinajstić information content (AvgIpc) is 2.71. The van der Waals surface area contributed by atoms with Crippen molar-refractivity contribution in [3.05, 3.63) is 30.1 Å². The van der Waals surface area contributed by atoms with Crippen LogP contribution >= 0.6 is 0 Å². The summed E-state index contributed by atoms with van der Waals surface area (Å²) < 4.78 is 23.9. The number of sulfone groups is 1. The lowest BCUT2D eigenvalue weighted by Gasteiger charge is -2.09. The van der Waals surface area contributed by atoms with Gasteiger partial charge >= 0.3 is 0 Å².